The van der Waals surface area contributed by atoms with Crippen molar-refractivity contribution in [2.75, 3.05) is 0 Å². The maximum atomic E-state index is 13.6. The lowest BCUT2D eigenvalue weighted by atomic mass is 9.97. The second kappa shape index (κ2) is 5.87. The molecule has 1 atom stereocenters. The van der Waals surface area contributed by atoms with Crippen molar-refractivity contribution >= 4 is 5.91 Å². The zero-order valence-corrected chi connectivity index (χ0v) is 11.5. The van der Waals surface area contributed by atoms with Crippen molar-refractivity contribution in [2.24, 2.45) is 0 Å². The van der Waals surface area contributed by atoms with Gasteiger partial charge in [0.15, 0.2) is 11.6 Å². The Kier molecular flexibility index (Phi) is 4.38. The van der Waals surface area contributed by atoms with Gasteiger partial charge in [0, 0.05) is 5.56 Å². The van der Waals surface area contributed by atoms with Gasteiger partial charge < -0.3 is 10.4 Å². The molecule has 1 aromatic rings. The van der Waals surface area contributed by atoms with E-state index in [9.17, 15) is 18.7 Å². The number of hydrogen-bond acceptors (Lipinski definition) is 2. The molecule has 2 N–H and O–H groups in total. The zero-order valence-electron chi connectivity index (χ0n) is 11.5. The molecule has 20 heavy (non-hydrogen) atoms. The van der Waals surface area contributed by atoms with Crippen molar-refractivity contribution in [3.8, 4) is 0 Å². The van der Waals surface area contributed by atoms with Crippen LogP contribution in [0.5, 0.6) is 0 Å². The lowest BCUT2D eigenvalue weighted by Gasteiger charge is -2.23. The first-order valence-corrected chi connectivity index (χ1v) is 6.87. The van der Waals surface area contributed by atoms with E-state index in [1.165, 1.54) is 12.1 Å². The quantitative estimate of drug-likeness (QED) is 0.892. The van der Waals surface area contributed by atoms with Gasteiger partial charge in [0.1, 0.15) is 0 Å². The lowest BCUT2D eigenvalue weighted by Crippen LogP contribution is -2.36. The summed E-state index contributed by atoms with van der Waals surface area (Å²) in [4.78, 5) is 11.9. The van der Waals surface area contributed by atoms with Gasteiger partial charge in [0.2, 0.25) is 5.91 Å². The molecule has 1 aliphatic carbocycles. The summed E-state index contributed by atoms with van der Waals surface area (Å²) in [6, 6.07) is 3.24. The van der Waals surface area contributed by atoms with Crippen LogP contribution in [0.1, 0.15) is 50.6 Å². The van der Waals surface area contributed by atoms with Gasteiger partial charge in [-0.1, -0.05) is 25.0 Å². The molecule has 0 heterocycles. The summed E-state index contributed by atoms with van der Waals surface area (Å²) >= 11 is 0. The van der Waals surface area contributed by atoms with Crippen LogP contribution < -0.4 is 5.32 Å². The van der Waals surface area contributed by atoms with Crippen LogP contribution in [-0.2, 0) is 4.79 Å². The van der Waals surface area contributed by atoms with Gasteiger partial charge in [-0.2, -0.15) is 0 Å². The van der Waals surface area contributed by atoms with Crippen LogP contribution >= 0.6 is 0 Å². The second-order valence-electron chi connectivity index (χ2n) is 5.54. The molecule has 3 nitrogen and oxygen atoms in total. The fraction of sp³-hybridized carbons (Fsp3) is 0.533. The van der Waals surface area contributed by atoms with E-state index in [2.05, 4.69) is 5.32 Å². The van der Waals surface area contributed by atoms with Crippen LogP contribution in [0.2, 0.25) is 0 Å². The topological polar surface area (TPSA) is 49.3 Å². The second-order valence-corrected chi connectivity index (χ2v) is 5.54. The van der Waals surface area contributed by atoms with Crippen molar-refractivity contribution in [3.05, 3.63) is 35.4 Å². The van der Waals surface area contributed by atoms with Crippen LogP contribution in [0, 0.1) is 11.6 Å². The summed E-state index contributed by atoms with van der Waals surface area (Å²) in [5.41, 5.74) is -0.832. The average molecular weight is 283 g/mol. The molecule has 1 unspecified atom stereocenters. The number of amides is 1. The Morgan fingerprint density at radius 2 is 2.05 bits per heavy atom. The highest BCUT2D eigenvalue weighted by atomic mass is 19.2. The van der Waals surface area contributed by atoms with Crippen LogP contribution in [0.15, 0.2) is 18.2 Å². The minimum absolute atomic E-state index is 0.00821. The number of benzene rings is 1. The highest BCUT2D eigenvalue weighted by Crippen LogP contribution is 2.32. The SMILES string of the molecule is CC(NC(=O)CC1(O)CCCC1)c1cccc(F)c1F. The molecule has 0 spiro atoms. The van der Waals surface area contributed by atoms with E-state index >= 15 is 0 Å². The summed E-state index contributed by atoms with van der Waals surface area (Å²) in [5, 5.41) is 12.8. The predicted molar refractivity (Wildman–Crippen MR) is 71.0 cm³/mol. The molecular formula is C15H19F2NO2. The summed E-state index contributed by atoms with van der Waals surface area (Å²) in [7, 11) is 0. The van der Waals surface area contributed by atoms with Crippen LogP contribution in [0.3, 0.4) is 0 Å². The summed E-state index contributed by atoms with van der Waals surface area (Å²) in [6.45, 7) is 1.59. The Morgan fingerprint density at radius 3 is 2.70 bits per heavy atom. The highest BCUT2D eigenvalue weighted by Gasteiger charge is 2.33. The van der Waals surface area contributed by atoms with Gasteiger partial charge in [0.05, 0.1) is 18.1 Å². The molecule has 110 valence electrons. The number of carbonyl (C=O) groups is 1. The highest BCUT2D eigenvalue weighted by molar-refractivity contribution is 5.77. The van der Waals surface area contributed by atoms with Gasteiger partial charge in [-0.3, -0.25) is 4.79 Å². The van der Waals surface area contributed by atoms with Gasteiger partial charge >= 0.3 is 0 Å². The van der Waals surface area contributed by atoms with Crippen molar-refractivity contribution in [1.29, 1.82) is 0 Å². The molecule has 1 aliphatic rings. The van der Waals surface area contributed by atoms with E-state index in [0.29, 0.717) is 12.8 Å². The molecule has 2 rings (SSSR count). The van der Waals surface area contributed by atoms with Crippen LogP contribution in [0.25, 0.3) is 0 Å². The molecule has 1 aromatic carbocycles. The van der Waals surface area contributed by atoms with Crippen LogP contribution in [0.4, 0.5) is 8.78 Å². The smallest absolute Gasteiger partial charge is 0.223 e. The standard InChI is InChI=1S/C15H19F2NO2/c1-10(11-5-4-6-12(16)14(11)17)18-13(19)9-15(20)7-2-3-8-15/h4-6,10,20H,2-3,7-9H2,1H3,(H,18,19). The maximum Gasteiger partial charge on any atom is 0.223 e. The Bertz CT molecular complexity index is 499. The largest absolute Gasteiger partial charge is 0.389 e. The first kappa shape index (κ1) is 14.9. The Hall–Kier alpha value is -1.49. The Labute approximate surface area is 117 Å². The Balaban J connectivity index is 1.98. The van der Waals surface area contributed by atoms with Gasteiger partial charge in [0.25, 0.3) is 0 Å². The van der Waals surface area contributed by atoms with Crippen LogP contribution in [-0.4, -0.2) is 16.6 Å². The van der Waals surface area contributed by atoms with E-state index in [1.54, 1.807) is 6.92 Å². The third-order valence-electron chi connectivity index (χ3n) is 3.85. The molecule has 0 aliphatic heterocycles. The van der Waals surface area contributed by atoms with Crippen molar-refractivity contribution < 1.29 is 18.7 Å². The predicted octanol–water partition coefficient (Wildman–Crippen LogP) is 2.84. The number of halogens is 2. The van der Waals surface area contributed by atoms with Crippen molar-refractivity contribution in [3.63, 3.8) is 0 Å². The molecule has 0 bridgehead atoms. The van der Waals surface area contributed by atoms with E-state index < -0.39 is 23.3 Å². The first-order chi connectivity index (χ1) is 9.41. The minimum Gasteiger partial charge on any atom is -0.389 e. The molecule has 5 heteroatoms. The van der Waals surface area contributed by atoms with Crippen molar-refractivity contribution in [1.82, 2.24) is 5.32 Å². The molecular weight excluding hydrogens is 264 g/mol. The van der Waals surface area contributed by atoms with Crippen molar-refractivity contribution in [2.45, 2.75) is 50.7 Å². The number of rotatable bonds is 4. The Morgan fingerprint density at radius 1 is 1.40 bits per heavy atom. The average Bonchev–Trinajstić information content (AvgIpc) is 2.78. The molecule has 0 radical (unpaired) electrons. The molecule has 0 aromatic heterocycles. The number of aliphatic hydroxyl groups is 1. The summed E-state index contributed by atoms with van der Waals surface area (Å²) in [5.74, 6) is -2.22. The summed E-state index contributed by atoms with van der Waals surface area (Å²) in [6.07, 6.45) is 3.07. The van der Waals surface area contributed by atoms with E-state index in [0.717, 1.165) is 18.9 Å². The van der Waals surface area contributed by atoms with Gasteiger partial charge in [-0.05, 0) is 25.8 Å². The zero-order chi connectivity index (χ0) is 14.8. The normalized spacial score (nSPS) is 18.8. The van der Waals surface area contributed by atoms with E-state index in [-0.39, 0.29) is 17.9 Å². The fourth-order valence-corrected chi connectivity index (χ4v) is 2.73. The molecule has 0 saturated heterocycles. The van der Waals surface area contributed by atoms with Gasteiger partial charge in [-0.15, -0.1) is 0 Å². The fourth-order valence-electron chi connectivity index (χ4n) is 2.73. The third-order valence-corrected chi connectivity index (χ3v) is 3.85. The number of carbonyl (C=O) groups excluding carboxylic acids is 1. The molecule has 1 amide bonds. The van der Waals surface area contributed by atoms with Gasteiger partial charge in [-0.25, -0.2) is 8.78 Å². The minimum atomic E-state index is -0.945. The summed E-state index contributed by atoms with van der Waals surface area (Å²) < 4.78 is 26.7. The first-order valence-electron chi connectivity index (χ1n) is 6.87. The third kappa shape index (κ3) is 3.33. The molecule has 1 fully saturated rings. The molecule has 1 saturated carbocycles. The number of nitrogens with one attached hydrogen (secondary N) is 1. The monoisotopic (exact) mass is 283 g/mol. The van der Waals surface area contributed by atoms with E-state index in [4.69, 9.17) is 0 Å². The maximum absolute atomic E-state index is 13.6. The lowest BCUT2D eigenvalue weighted by molar-refractivity contribution is -0.126. The van der Waals surface area contributed by atoms with E-state index in [1.807, 2.05) is 0 Å². The number of hydrogen-bond donors (Lipinski definition) is 2.